The van der Waals surface area contributed by atoms with E-state index in [1.165, 1.54) is 16.7 Å². The van der Waals surface area contributed by atoms with Crippen molar-refractivity contribution in [2.75, 3.05) is 16.0 Å². The predicted octanol–water partition coefficient (Wildman–Crippen LogP) is 3.00. The normalized spacial score (nSPS) is 17.0. The summed E-state index contributed by atoms with van der Waals surface area (Å²) in [6.45, 7) is 1.86. The first-order valence-electron chi connectivity index (χ1n) is 7.95. The molecule has 0 bridgehead atoms. The van der Waals surface area contributed by atoms with Gasteiger partial charge in [-0.25, -0.2) is 4.90 Å². The molecule has 128 valence electrons. The number of nitrogens with zero attached hydrogens (tertiary/aromatic N) is 1. The van der Waals surface area contributed by atoms with Crippen molar-refractivity contribution in [2.24, 2.45) is 0 Å². The number of nitrogens with one attached hydrogen (secondary N) is 1. The highest BCUT2D eigenvalue weighted by atomic mass is 32.2. The Kier molecular flexibility index (Phi) is 5.19. The van der Waals surface area contributed by atoms with Crippen LogP contribution in [0.5, 0.6) is 0 Å². The highest BCUT2D eigenvalue weighted by Crippen LogP contribution is 2.31. The van der Waals surface area contributed by atoms with E-state index in [0.29, 0.717) is 11.4 Å². The van der Waals surface area contributed by atoms with Crippen LogP contribution >= 0.6 is 11.8 Å². The highest BCUT2D eigenvalue weighted by Gasteiger charge is 2.40. The summed E-state index contributed by atoms with van der Waals surface area (Å²) in [5, 5.41) is 2.25. The molecule has 3 amide bonds. The molecule has 0 saturated carbocycles. The van der Waals surface area contributed by atoms with Gasteiger partial charge in [-0.15, -0.1) is 11.8 Å². The minimum atomic E-state index is -0.520. The van der Waals surface area contributed by atoms with Gasteiger partial charge in [0.2, 0.25) is 17.7 Å². The van der Waals surface area contributed by atoms with Crippen LogP contribution in [0.3, 0.4) is 0 Å². The summed E-state index contributed by atoms with van der Waals surface area (Å²) < 4.78 is 0. The Bertz CT molecular complexity index is 807. The maximum atomic E-state index is 12.6. The first-order valence-corrected chi connectivity index (χ1v) is 9.00. The number of amides is 3. The SMILES string of the molecule is Cc1ccccc1N1C(=O)C[C@@H](SCC(=O)Nc2ccccc2)C1=O. The summed E-state index contributed by atoms with van der Waals surface area (Å²) in [5.74, 6) is -0.539. The van der Waals surface area contributed by atoms with E-state index in [-0.39, 0.29) is 29.9 Å². The van der Waals surface area contributed by atoms with Crippen LogP contribution in [0.25, 0.3) is 0 Å². The molecule has 25 heavy (non-hydrogen) atoms. The number of imide groups is 1. The zero-order valence-electron chi connectivity index (χ0n) is 13.8. The summed E-state index contributed by atoms with van der Waals surface area (Å²) in [6.07, 6.45) is 0.121. The highest BCUT2D eigenvalue weighted by molar-refractivity contribution is 8.01. The Labute approximate surface area is 150 Å². The van der Waals surface area contributed by atoms with Crippen molar-refractivity contribution < 1.29 is 14.4 Å². The summed E-state index contributed by atoms with van der Waals surface area (Å²) >= 11 is 1.20. The van der Waals surface area contributed by atoms with E-state index in [1.807, 2.05) is 37.3 Å². The van der Waals surface area contributed by atoms with Gasteiger partial charge in [-0.3, -0.25) is 14.4 Å². The topological polar surface area (TPSA) is 66.5 Å². The van der Waals surface area contributed by atoms with Gasteiger partial charge < -0.3 is 5.32 Å². The third kappa shape index (κ3) is 3.91. The first-order chi connectivity index (χ1) is 12.1. The standard InChI is InChI=1S/C19H18N2O3S/c1-13-7-5-6-10-15(13)21-18(23)11-16(19(21)24)25-12-17(22)20-14-8-3-2-4-9-14/h2-10,16H,11-12H2,1H3,(H,20,22)/t16-/m1/s1. The summed E-state index contributed by atoms with van der Waals surface area (Å²) in [4.78, 5) is 38.1. The summed E-state index contributed by atoms with van der Waals surface area (Å²) in [5.41, 5.74) is 2.20. The molecule has 1 atom stereocenters. The average Bonchev–Trinajstić information content (AvgIpc) is 2.88. The molecular weight excluding hydrogens is 336 g/mol. The van der Waals surface area contributed by atoms with Gasteiger partial charge in [-0.2, -0.15) is 0 Å². The zero-order chi connectivity index (χ0) is 17.8. The number of carbonyl (C=O) groups excluding carboxylic acids is 3. The molecule has 0 aromatic heterocycles. The van der Waals surface area contributed by atoms with Crippen LogP contribution in [0.4, 0.5) is 11.4 Å². The predicted molar refractivity (Wildman–Crippen MR) is 99.6 cm³/mol. The second-order valence-electron chi connectivity index (χ2n) is 5.77. The van der Waals surface area contributed by atoms with Crippen molar-refractivity contribution in [1.29, 1.82) is 0 Å². The molecule has 1 N–H and O–H groups in total. The number of anilines is 2. The van der Waals surface area contributed by atoms with Crippen molar-refractivity contribution >= 4 is 40.9 Å². The van der Waals surface area contributed by atoms with E-state index in [0.717, 1.165) is 5.56 Å². The molecule has 5 nitrogen and oxygen atoms in total. The Balaban J connectivity index is 1.61. The number of rotatable bonds is 5. The fourth-order valence-corrected chi connectivity index (χ4v) is 3.63. The average molecular weight is 354 g/mol. The lowest BCUT2D eigenvalue weighted by molar-refractivity contribution is -0.121. The number of thioether (sulfide) groups is 1. The maximum Gasteiger partial charge on any atom is 0.247 e. The second kappa shape index (κ2) is 7.53. The zero-order valence-corrected chi connectivity index (χ0v) is 14.6. The van der Waals surface area contributed by atoms with E-state index in [1.54, 1.807) is 24.3 Å². The number of carbonyl (C=O) groups is 3. The summed E-state index contributed by atoms with van der Waals surface area (Å²) in [7, 11) is 0. The fraction of sp³-hybridized carbons (Fsp3) is 0.211. The number of benzene rings is 2. The van der Waals surface area contributed by atoms with Gasteiger partial charge in [0.1, 0.15) is 0 Å². The van der Waals surface area contributed by atoms with Crippen LogP contribution in [0.1, 0.15) is 12.0 Å². The van der Waals surface area contributed by atoms with Crippen LogP contribution in [0.15, 0.2) is 54.6 Å². The molecule has 2 aromatic rings. The third-order valence-corrected chi connectivity index (χ3v) is 5.13. The van der Waals surface area contributed by atoms with Gasteiger partial charge >= 0.3 is 0 Å². The molecule has 1 heterocycles. The van der Waals surface area contributed by atoms with Crippen LogP contribution < -0.4 is 10.2 Å². The third-order valence-electron chi connectivity index (χ3n) is 3.93. The lowest BCUT2D eigenvalue weighted by Crippen LogP contribution is -2.32. The van der Waals surface area contributed by atoms with Crippen LogP contribution in [0, 0.1) is 6.92 Å². The smallest absolute Gasteiger partial charge is 0.247 e. The van der Waals surface area contributed by atoms with Crippen molar-refractivity contribution in [3.8, 4) is 0 Å². The van der Waals surface area contributed by atoms with E-state index < -0.39 is 5.25 Å². The second-order valence-corrected chi connectivity index (χ2v) is 6.96. The molecular formula is C19H18N2O3S. The molecule has 0 aliphatic carbocycles. The molecule has 0 unspecified atom stereocenters. The van der Waals surface area contributed by atoms with Crippen molar-refractivity contribution in [1.82, 2.24) is 0 Å². The maximum absolute atomic E-state index is 12.6. The molecule has 1 saturated heterocycles. The van der Waals surface area contributed by atoms with Gasteiger partial charge in [0.05, 0.1) is 16.7 Å². The van der Waals surface area contributed by atoms with Crippen LogP contribution in [0.2, 0.25) is 0 Å². The Morgan fingerprint density at radius 1 is 1.12 bits per heavy atom. The molecule has 1 fully saturated rings. The van der Waals surface area contributed by atoms with Gasteiger partial charge in [-0.1, -0.05) is 36.4 Å². The van der Waals surface area contributed by atoms with Crippen molar-refractivity contribution in [3.63, 3.8) is 0 Å². The Morgan fingerprint density at radius 2 is 1.80 bits per heavy atom. The monoisotopic (exact) mass is 354 g/mol. The quantitative estimate of drug-likeness (QED) is 0.838. The van der Waals surface area contributed by atoms with Gasteiger partial charge in [-0.05, 0) is 30.7 Å². The van der Waals surface area contributed by atoms with Crippen LogP contribution in [-0.2, 0) is 14.4 Å². The number of aryl methyl sites for hydroxylation is 1. The number of hydrogen-bond donors (Lipinski definition) is 1. The van der Waals surface area contributed by atoms with E-state index in [2.05, 4.69) is 5.32 Å². The molecule has 2 aromatic carbocycles. The van der Waals surface area contributed by atoms with E-state index in [9.17, 15) is 14.4 Å². The minimum absolute atomic E-state index is 0.121. The van der Waals surface area contributed by atoms with Crippen molar-refractivity contribution in [2.45, 2.75) is 18.6 Å². The Hall–Kier alpha value is -2.60. The Morgan fingerprint density at radius 3 is 2.52 bits per heavy atom. The van der Waals surface area contributed by atoms with Crippen molar-refractivity contribution in [3.05, 3.63) is 60.2 Å². The van der Waals surface area contributed by atoms with Gasteiger partial charge in [0.15, 0.2) is 0 Å². The molecule has 1 aliphatic rings. The molecule has 0 radical (unpaired) electrons. The largest absolute Gasteiger partial charge is 0.325 e. The number of hydrogen-bond acceptors (Lipinski definition) is 4. The number of para-hydroxylation sites is 2. The van der Waals surface area contributed by atoms with Gasteiger partial charge in [0, 0.05) is 12.1 Å². The molecule has 0 spiro atoms. The minimum Gasteiger partial charge on any atom is -0.325 e. The lowest BCUT2D eigenvalue weighted by atomic mass is 10.2. The molecule has 1 aliphatic heterocycles. The van der Waals surface area contributed by atoms with E-state index in [4.69, 9.17) is 0 Å². The molecule has 3 rings (SSSR count). The van der Waals surface area contributed by atoms with E-state index >= 15 is 0 Å². The van der Waals surface area contributed by atoms with Gasteiger partial charge in [0.25, 0.3) is 0 Å². The lowest BCUT2D eigenvalue weighted by Gasteiger charge is -2.17. The molecule has 6 heteroatoms. The van der Waals surface area contributed by atoms with Crippen LogP contribution in [-0.4, -0.2) is 28.7 Å². The fourth-order valence-electron chi connectivity index (χ4n) is 2.70. The summed E-state index contributed by atoms with van der Waals surface area (Å²) in [6, 6.07) is 16.4. The first kappa shape index (κ1) is 17.2.